The molecule has 19 heavy (non-hydrogen) atoms. The molecule has 0 aliphatic carbocycles. The maximum Gasteiger partial charge on any atom is 0.307 e. The standard InChI is InChI=1S/C13H13N3O3/c17-12(9-16-6-2-5-14-16)15-11-4-1-3-10(7-11)8-13(18)19/h1-7H,8-9H2,(H,15,17)(H,18,19). The van der Waals surface area contributed by atoms with Gasteiger partial charge in [-0.15, -0.1) is 0 Å². The van der Waals surface area contributed by atoms with E-state index in [0.717, 1.165) is 0 Å². The highest BCUT2D eigenvalue weighted by Crippen LogP contribution is 2.11. The molecule has 1 aromatic carbocycles. The Kier molecular flexibility index (Phi) is 3.92. The van der Waals surface area contributed by atoms with Gasteiger partial charge >= 0.3 is 5.97 Å². The first kappa shape index (κ1) is 12.8. The van der Waals surface area contributed by atoms with Gasteiger partial charge in [-0.2, -0.15) is 5.10 Å². The minimum atomic E-state index is -0.903. The third-order valence-corrected chi connectivity index (χ3v) is 2.43. The molecule has 0 saturated heterocycles. The lowest BCUT2D eigenvalue weighted by Gasteiger charge is -2.06. The molecule has 1 aromatic heterocycles. The molecule has 6 nitrogen and oxygen atoms in total. The molecule has 0 unspecified atom stereocenters. The molecule has 0 fully saturated rings. The van der Waals surface area contributed by atoms with E-state index in [1.165, 1.54) is 4.68 Å². The predicted octanol–water partition coefficient (Wildman–Crippen LogP) is 1.15. The number of carbonyl (C=O) groups excluding carboxylic acids is 1. The molecule has 0 radical (unpaired) electrons. The number of amides is 1. The number of benzene rings is 1. The Hall–Kier alpha value is -2.63. The molecule has 0 aliphatic heterocycles. The molecule has 0 saturated carbocycles. The van der Waals surface area contributed by atoms with Crippen LogP contribution in [0.5, 0.6) is 0 Å². The maximum atomic E-state index is 11.7. The van der Waals surface area contributed by atoms with Crippen molar-refractivity contribution in [2.75, 3.05) is 5.32 Å². The fourth-order valence-electron chi connectivity index (χ4n) is 1.68. The van der Waals surface area contributed by atoms with Crippen LogP contribution in [0.15, 0.2) is 42.7 Å². The van der Waals surface area contributed by atoms with Crippen LogP contribution in [0.1, 0.15) is 5.56 Å². The monoisotopic (exact) mass is 259 g/mol. The first-order valence-electron chi connectivity index (χ1n) is 5.71. The topological polar surface area (TPSA) is 84.2 Å². The summed E-state index contributed by atoms with van der Waals surface area (Å²) < 4.78 is 1.51. The molecule has 0 spiro atoms. The highest BCUT2D eigenvalue weighted by molar-refractivity contribution is 5.90. The van der Waals surface area contributed by atoms with Crippen LogP contribution in [0, 0.1) is 0 Å². The van der Waals surface area contributed by atoms with Crippen molar-refractivity contribution in [3.05, 3.63) is 48.3 Å². The number of carboxylic acid groups (broad SMARTS) is 1. The van der Waals surface area contributed by atoms with Gasteiger partial charge < -0.3 is 10.4 Å². The van der Waals surface area contributed by atoms with Crippen LogP contribution < -0.4 is 5.32 Å². The molecule has 2 rings (SSSR count). The Labute approximate surface area is 109 Å². The number of nitrogens with one attached hydrogen (secondary N) is 1. The zero-order valence-corrected chi connectivity index (χ0v) is 10.1. The number of anilines is 1. The molecule has 0 aliphatic rings. The van der Waals surface area contributed by atoms with Crippen molar-refractivity contribution in [2.24, 2.45) is 0 Å². The Bertz CT molecular complexity index is 579. The van der Waals surface area contributed by atoms with E-state index in [0.29, 0.717) is 11.3 Å². The van der Waals surface area contributed by atoms with Gasteiger partial charge in [0.05, 0.1) is 6.42 Å². The normalized spacial score (nSPS) is 10.1. The third-order valence-electron chi connectivity index (χ3n) is 2.43. The molecular weight excluding hydrogens is 246 g/mol. The lowest BCUT2D eigenvalue weighted by Crippen LogP contribution is -2.19. The first-order chi connectivity index (χ1) is 9.13. The number of hydrogen-bond donors (Lipinski definition) is 2. The second-order valence-corrected chi connectivity index (χ2v) is 4.02. The van der Waals surface area contributed by atoms with E-state index >= 15 is 0 Å². The van der Waals surface area contributed by atoms with Gasteiger partial charge in [0.15, 0.2) is 0 Å². The molecule has 2 N–H and O–H groups in total. The number of rotatable bonds is 5. The van der Waals surface area contributed by atoms with E-state index in [2.05, 4.69) is 10.4 Å². The summed E-state index contributed by atoms with van der Waals surface area (Å²) >= 11 is 0. The molecule has 0 atom stereocenters. The smallest absolute Gasteiger partial charge is 0.307 e. The molecule has 6 heteroatoms. The number of carboxylic acids is 1. The van der Waals surface area contributed by atoms with Crippen LogP contribution in [0.4, 0.5) is 5.69 Å². The van der Waals surface area contributed by atoms with Crippen molar-refractivity contribution in [1.29, 1.82) is 0 Å². The van der Waals surface area contributed by atoms with Crippen LogP contribution in [-0.2, 0) is 22.6 Å². The average Bonchev–Trinajstić information content (AvgIpc) is 2.81. The van der Waals surface area contributed by atoms with Gasteiger partial charge in [0.1, 0.15) is 6.54 Å². The van der Waals surface area contributed by atoms with E-state index in [-0.39, 0.29) is 18.9 Å². The average molecular weight is 259 g/mol. The summed E-state index contributed by atoms with van der Waals surface area (Å²) in [6, 6.07) is 8.52. The number of carbonyl (C=O) groups is 2. The molecule has 98 valence electrons. The van der Waals surface area contributed by atoms with Crippen molar-refractivity contribution in [3.63, 3.8) is 0 Å². The van der Waals surface area contributed by atoms with E-state index in [1.54, 1.807) is 42.7 Å². The molecule has 1 heterocycles. The van der Waals surface area contributed by atoms with E-state index in [1.807, 2.05) is 0 Å². The molecule has 2 aromatic rings. The van der Waals surface area contributed by atoms with Crippen molar-refractivity contribution in [1.82, 2.24) is 9.78 Å². The third kappa shape index (κ3) is 3.95. The Balaban J connectivity index is 1.98. The van der Waals surface area contributed by atoms with E-state index in [4.69, 9.17) is 5.11 Å². The maximum absolute atomic E-state index is 11.7. The number of aliphatic carboxylic acids is 1. The van der Waals surface area contributed by atoms with Gasteiger partial charge in [-0.3, -0.25) is 14.3 Å². The summed E-state index contributed by atoms with van der Waals surface area (Å²) in [6.07, 6.45) is 3.23. The lowest BCUT2D eigenvalue weighted by atomic mass is 10.1. The van der Waals surface area contributed by atoms with Crippen LogP contribution in [-0.4, -0.2) is 26.8 Å². The number of nitrogens with zero attached hydrogens (tertiary/aromatic N) is 2. The zero-order valence-electron chi connectivity index (χ0n) is 10.1. The van der Waals surface area contributed by atoms with Crippen LogP contribution in [0.3, 0.4) is 0 Å². The van der Waals surface area contributed by atoms with Gasteiger partial charge in [0, 0.05) is 18.1 Å². The lowest BCUT2D eigenvalue weighted by molar-refractivity contribution is -0.136. The summed E-state index contributed by atoms with van der Waals surface area (Å²) in [6.45, 7) is 0.121. The SMILES string of the molecule is O=C(O)Cc1cccc(NC(=O)Cn2cccn2)c1. The minimum Gasteiger partial charge on any atom is -0.481 e. The molecular formula is C13H13N3O3. The quantitative estimate of drug-likeness (QED) is 0.843. The van der Waals surface area contributed by atoms with Crippen molar-refractivity contribution in [3.8, 4) is 0 Å². The van der Waals surface area contributed by atoms with Gasteiger partial charge in [-0.25, -0.2) is 0 Å². The second kappa shape index (κ2) is 5.81. The zero-order chi connectivity index (χ0) is 13.7. The number of hydrogen-bond acceptors (Lipinski definition) is 3. The summed E-state index contributed by atoms with van der Waals surface area (Å²) in [7, 11) is 0. The van der Waals surface area contributed by atoms with Crippen LogP contribution in [0.2, 0.25) is 0 Å². The fraction of sp³-hybridized carbons (Fsp3) is 0.154. The summed E-state index contributed by atoms with van der Waals surface area (Å²) in [5.74, 6) is -1.11. The van der Waals surface area contributed by atoms with Crippen molar-refractivity contribution >= 4 is 17.6 Å². The van der Waals surface area contributed by atoms with Crippen LogP contribution in [0.25, 0.3) is 0 Å². The van der Waals surface area contributed by atoms with Crippen molar-refractivity contribution < 1.29 is 14.7 Å². The molecule has 0 bridgehead atoms. The number of aromatic nitrogens is 2. The van der Waals surface area contributed by atoms with Crippen molar-refractivity contribution in [2.45, 2.75) is 13.0 Å². The van der Waals surface area contributed by atoms with E-state index in [9.17, 15) is 9.59 Å². The predicted molar refractivity (Wildman–Crippen MR) is 68.6 cm³/mol. The highest BCUT2D eigenvalue weighted by Gasteiger charge is 2.05. The summed E-state index contributed by atoms with van der Waals surface area (Å²) in [4.78, 5) is 22.3. The Morgan fingerprint density at radius 3 is 2.84 bits per heavy atom. The van der Waals surface area contributed by atoms with Gasteiger partial charge in [-0.05, 0) is 23.8 Å². The van der Waals surface area contributed by atoms with E-state index < -0.39 is 5.97 Å². The summed E-state index contributed by atoms with van der Waals surface area (Å²) in [5, 5.41) is 15.3. The van der Waals surface area contributed by atoms with Gasteiger partial charge in [-0.1, -0.05) is 12.1 Å². The molecule has 1 amide bonds. The highest BCUT2D eigenvalue weighted by atomic mass is 16.4. The minimum absolute atomic E-state index is 0.0666. The largest absolute Gasteiger partial charge is 0.481 e. The van der Waals surface area contributed by atoms with Gasteiger partial charge in [0.2, 0.25) is 5.91 Å². The Morgan fingerprint density at radius 1 is 1.32 bits per heavy atom. The Morgan fingerprint density at radius 2 is 2.16 bits per heavy atom. The fourth-order valence-corrected chi connectivity index (χ4v) is 1.68. The second-order valence-electron chi connectivity index (χ2n) is 4.02. The van der Waals surface area contributed by atoms with Gasteiger partial charge in [0.25, 0.3) is 0 Å². The summed E-state index contributed by atoms with van der Waals surface area (Å²) in [5.41, 5.74) is 1.22. The van der Waals surface area contributed by atoms with Crippen LogP contribution >= 0.6 is 0 Å². The first-order valence-corrected chi connectivity index (χ1v) is 5.71.